The first-order valence-electron chi connectivity index (χ1n) is 7.00. The van der Waals surface area contributed by atoms with Gasteiger partial charge in [0, 0.05) is 10.7 Å². The van der Waals surface area contributed by atoms with Gasteiger partial charge in [0.15, 0.2) is 0 Å². The van der Waals surface area contributed by atoms with Gasteiger partial charge < -0.3 is 10.1 Å². The molecule has 4 nitrogen and oxygen atoms in total. The van der Waals surface area contributed by atoms with Crippen LogP contribution in [0.1, 0.15) is 22.8 Å². The maximum atomic E-state index is 13.6. The molecule has 0 unspecified atom stereocenters. The van der Waals surface area contributed by atoms with Gasteiger partial charge in [-0.3, -0.25) is 4.79 Å². The summed E-state index contributed by atoms with van der Waals surface area (Å²) in [5.74, 6) is -1.31. The van der Waals surface area contributed by atoms with Crippen molar-refractivity contribution in [3.63, 3.8) is 0 Å². The van der Waals surface area contributed by atoms with Crippen LogP contribution in [0.2, 0.25) is 5.02 Å². The molecular formula is C17H15ClFNO3. The zero-order valence-corrected chi connectivity index (χ0v) is 13.2. The molecule has 2 aromatic carbocycles. The smallest absolute Gasteiger partial charge is 0.338 e. The number of hydrogen-bond donors (Lipinski definition) is 1. The number of amides is 1. The number of benzene rings is 2. The number of halogens is 2. The van der Waals surface area contributed by atoms with Gasteiger partial charge in [-0.15, -0.1) is 0 Å². The van der Waals surface area contributed by atoms with Gasteiger partial charge in [-0.1, -0.05) is 17.7 Å². The third kappa shape index (κ3) is 4.79. The maximum Gasteiger partial charge on any atom is 0.338 e. The minimum atomic E-state index is -0.523. The summed E-state index contributed by atoms with van der Waals surface area (Å²) in [4.78, 5) is 23.5. The predicted octanol–water partition coefficient (Wildman–Crippen LogP) is 3.84. The van der Waals surface area contributed by atoms with E-state index >= 15 is 0 Å². The lowest BCUT2D eigenvalue weighted by atomic mass is 10.1. The summed E-state index contributed by atoms with van der Waals surface area (Å²) < 4.78 is 18.5. The van der Waals surface area contributed by atoms with Crippen LogP contribution in [0.25, 0.3) is 0 Å². The van der Waals surface area contributed by atoms with E-state index < -0.39 is 11.8 Å². The predicted molar refractivity (Wildman–Crippen MR) is 86.1 cm³/mol. The zero-order valence-electron chi connectivity index (χ0n) is 12.4. The molecule has 0 bridgehead atoms. The van der Waals surface area contributed by atoms with E-state index in [0.717, 1.165) is 6.07 Å². The highest BCUT2D eigenvalue weighted by molar-refractivity contribution is 6.30. The van der Waals surface area contributed by atoms with Crippen molar-refractivity contribution in [2.75, 3.05) is 11.9 Å². The molecule has 0 aliphatic heterocycles. The van der Waals surface area contributed by atoms with Crippen molar-refractivity contribution in [1.82, 2.24) is 0 Å². The second-order valence-electron chi connectivity index (χ2n) is 4.76. The molecule has 0 atom stereocenters. The number of ether oxygens (including phenoxy) is 1. The first kappa shape index (κ1) is 17.0. The SMILES string of the molecule is CCOC(=O)c1ccc(NC(=O)Cc2ccc(Cl)cc2F)cc1. The molecule has 0 aliphatic carbocycles. The number of carbonyl (C=O) groups excluding carboxylic acids is 2. The number of esters is 1. The van der Waals surface area contributed by atoms with Gasteiger partial charge in [0.2, 0.25) is 5.91 Å². The number of anilines is 1. The minimum absolute atomic E-state index is 0.109. The monoisotopic (exact) mass is 335 g/mol. The van der Waals surface area contributed by atoms with Crippen LogP contribution in [-0.4, -0.2) is 18.5 Å². The molecule has 6 heteroatoms. The highest BCUT2D eigenvalue weighted by Crippen LogP contribution is 2.16. The van der Waals surface area contributed by atoms with E-state index in [0.29, 0.717) is 17.9 Å². The largest absolute Gasteiger partial charge is 0.462 e. The Bertz CT molecular complexity index is 716. The van der Waals surface area contributed by atoms with Crippen molar-refractivity contribution < 1.29 is 18.7 Å². The second kappa shape index (κ2) is 7.74. The standard InChI is InChI=1S/C17H15ClFNO3/c1-2-23-17(22)11-4-7-14(8-5-11)20-16(21)9-12-3-6-13(18)10-15(12)19/h3-8,10H,2,9H2,1H3,(H,20,21). The third-order valence-electron chi connectivity index (χ3n) is 3.05. The number of carbonyl (C=O) groups is 2. The molecule has 2 rings (SSSR count). The molecule has 0 fully saturated rings. The van der Waals surface area contributed by atoms with Gasteiger partial charge in [-0.2, -0.15) is 0 Å². The Balaban J connectivity index is 1.98. The van der Waals surface area contributed by atoms with Crippen LogP contribution in [0.5, 0.6) is 0 Å². The molecule has 0 saturated carbocycles. The van der Waals surface area contributed by atoms with E-state index in [-0.39, 0.29) is 22.9 Å². The highest BCUT2D eigenvalue weighted by atomic mass is 35.5. The van der Waals surface area contributed by atoms with E-state index in [2.05, 4.69) is 5.32 Å². The van der Waals surface area contributed by atoms with Crippen molar-refractivity contribution in [2.24, 2.45) is 0 Å². The fourth-order valence-corrected chi connectivity index (χ4v) is 2.11. The number of rotatable bonds is 5. The maximum absolute atomic E-state index is 13.6. The summed E-state index contributed by atoms with van der Waals surface area (Å²) in [5.41, 5.74) is 1.17. The molecule has 1 amide bonds. The van der Waals surface area contributed by atoms with Crippen molar-refractivity contribution in [2.45, 2.75) is 13.3 Å². The molecular weight excluding hydrogens is 321 g/mol. The molecule has 1 N–H and O–H groups in total. The minimum Gasteiger partial charge on any atom is -0.462 e. The van der Waals surface area contributed by atoms with E-state index in [1.807, 2.05) is 0 Å². The van der Waals surface area contributed by atoms with Crippen molar-refractivity contribution in [1.29, 1.82) is 0 Å². The van der Waals surface area contributed by atoms with Crippen LogP contribution in [0.4, 0.5) is 10.1 Å². The van der Waals surface area contributed by atoms with E-state index in [4.69, 9.17) is 16.3 Å². The van der Waals surface area contributed by atoms with Crippen LogP contribution in [0.3, 0.4) is 0 Å². The molecule has 0 spiro atoms. The Kier molecular flexibility index (Phi) is 5.71. The fraction of sp³-hybridized carbons (Fsp3) is 0.176. The molecule has 23 heavy (non-hydrogen) atoms. The summed E-state index contributed by atoms with van der Waals surface area (Å²) in [6, 6.07) is 10.4. The van der Waals surface area contributed by atoms with Crippen LogP contribution in [0, 0.1) is 5.82 Å². The van der Waals surface area contributed by atoms with Crippen molar-refractivity contribution >= 4 is 29.2 Å². The van der Waals surface area contributed by atoms with Gasteiger partial charge in [0.1, 0.15) is 5.82 Å². The van der Waals surface area contributed by atoms with Gasteiger partial charge in [-0.05, 0) is 48.9 Å². The van der Waals surface area contributed by atoms with Crippen LogP contribution < -0.4 is 5.32 Å². The Morgan fingerprint density at radius 3 is 2.48 bits per heavy atom. The highest BCUT2D eigenvalue weighted by Gasteiger charge is 2.10. The summed E-state index contributed by atoms with van der Waals surface area (Å²) in [5, 5.41) is 2.92. The average molecular weight is 336 g/mol. The molecule has 0 heterocycles. The van der Waals surface area contributed by atoms with Crippen molar-refractivity contribution in [3.8, 4) is 0 Å². The van der Waals surface area contributed by atoms with Crippen molar-refractivity contribution in [3.05, 3.63) is 64.4 Å². The molecule has 120 valence electrons. The summed E-state index contributed by atoms with van der Waals surface area (Å²) in [6.45, 7) is 2.02. The lowest BCUT2D eigenvalue weighted by Crippen LogP contribution is -2.15. The number of nitrogens with one attached hydrogen (secondary N) is 1. The van der Waals surface area contributed by atoms with Crippen LogP contribution >= 0.6 is 11.6 Å². The lowest BCUT2D eigenvalue weighted by Gasteiger charge is -2.07. The molecule has 0 aromatic heterocycles. The fourth-order valence-electron chi connectivity index (χ4n) is 1.95. The van der Waals surface area contributed by atoms with Gasteiger partial charge in [0.05, 0.1) is 18.6 Å². The van der Waals surface area contributed by atoms with Gasteiger partial charge in [-0.25, -0.2) is 9.18 Å². The Labute approximate surface area is 138 Å². The first-order chi connectivity index (χ1) is 11.0. The Morgan fingerprint density at radius 2 is 1.87 bits per heavy atom. The molecule has 0 saturated heterocycles. The van der Waals surface area contributed by atoms with Gasteiger partial charge in [0.25, 0.3) is 0 Å². The van der Waals surface area contributed by atoms with E-state index in [1.54, 1.807) is 31.2 Å². The lowest BCUT2D eigenvalue weighted by molar-refractivity contribution is -0.115. The molecule has 2 aromatic rings. The van der Waals surface area contributed by atoms with E-state index in [9.17, 15) is 14.0 Å². The Morgan fingerprint density at radius 1 is 1.17 bits per heavy atom. The van der Waals surface area contributed by atoms with Gasteiger partial charge >= 0.3 is 5.97 Å². The quantitative estimate of drug-likeness (QED) is 0.845. The first-order valence-corrected chi connectivity index (χ1v) is 7.38. The van der Waals surface area contributed by atoms with Crippen LogP contribution in [-0.2, 0) is 16.0 Å². The summed E-state index contributed by atoms with van der Waals surface area (Å²) in [6.07, 6.45) is -0.109. The van der Waals surface area contributed by atoms with E-state index in [1.165, 1.54) is 12.1 Å². The number of hydrogen-bond acceptors (Lipinski definition) is 3. The van der Waals surface area contributed by atoms with Crippen LogP contribution in [0.15, 0.2) is 42.5 Å². The summed E-state index contributed by atoms with van der Waals surface area (Å²) in [7, 11) is 0. The Hall–Kier alpha value is -2.40. The average Bonchev–Trinajstić information content (AvgIpc) is 2.51. The molecule has 0 radical (unpaired) electrons. The zero-order chi connectivity index (χ0) is 16.8. The summed E-state index contributed by atoms with van der Waals surface area (Å²) >= 11 is 5.67. The topological polar surface area (TPSA) is 55.4 Å². The normalized spacial score (nSPS) is 10.2. The third-order valence-corrected chi connectivity index (χ3v) is 3.28. The molecule has 0 aliphatic rings. The second-order valence-corrected chi connectivity index (χ2v) is 5.19.